The van der Waals surface area contributed by atoms with Crippen molar-refractivity contribution in [1.82, 2.24) is 19.2 Å². The second-order valence-corrected chi connectivity index (χ2v) is 7.44. The molecule has 1 aliphatic rings. The van der Waals surface area contributed by atoms with Gasteiger partial charge in [-0.2, -0.15) is 5.10 Å². The molecule has 6 heteroatoms. The Morgan fingerprint density at radius 1 is 1.00 bits per heavy atom. The largest absolute Gasteiger partial charge is 0.484 e. The van der Waals surface area contributed by atoms with Gasteiger partial charge in [0.1, 0.15) is 11.6 Å². The van der Waals surface area contributed by atoms with E-state index in [2.05, 4.69) is 29.7 Å². The summed E-state index contributed by atoms with van der Waals surface area (Å²) in [5.74, 6) is 1.62. The number of aromatic nitrogens is 3. The minimum absolute atomic E-state index is 0.0189. The second-order valence-electron chi connectivity index (χ2n) is 7.44. The Balaban J connectivity index is 1.42. The van der Waals surface area contributed by atoms with E-state index in [4.69, 9.17) is 9.84 Å². The van der Waals surface area contributed by atoms with Gasteiger partial charge in [-0.3, -0.25) is 4.79 Å². The molecule has 30 heavy (non-hydrogen) atoms. The van der Waals surface area contributed by atoms with Crippen molar-refractivity contribution in [2.45, 2.75) is 20.0 Å². The first-order valence-corrected chi connectivity index (χ1v) is 9.96. The average molecular weight is 398 g/mol. The lowest BCUT2D eigenvalue weighted by Crippen LogP contribution is -2.31. The third-order valence-electron chi connectivity index (χ3n) is 5.28. The Morgan fingerprint density at radius 2 is 1.80 bits per heavy atom. The van der Waals surface area contributed by atoms with Crippen LogP contribution in [0.5, 0.6) is 5.75 Å². The van der Waals surface area contributed by atoms with Gasteiger partial charge in [0.15, 0.2) is 6.61 Å². The molecule has 0 aliphatic carbocycles. The first-order valence-electron chi connectivity index (χ1n) is 9.96. The van der Waals surface area contributed by atoms with E-state index in [1.165, 1.54) is 5.56 Å². The van der Waals surface area contributed by atoms with Crippen molar-refractivity contribution >= 4 is 5.91 Å². The topological polar surface area (TPSA) is 52.3 Å². The Kier molecular flexibility index (Phi) is 4.59. The monoisotopic (exact) mass is 398 g/mol. The van der Waals surface area contributed by atoms with E-state index < -0.39 is 0 Å². The van der Waals surface area contributed by atoms with Crippen molar-refractivity contribution in [1.29, 1.82) is 0 Å². The minimum Gasteiger partial charge on any atom is -0.484 e. The predicted octanol–water partition coefficient (Wildman–Crippen LogP) is 3.89. The number of fused-ring (bicyclic) bond motifs is 1. The molecule has 0 bridgehead atoms. The summed E-state index contributed by atoms with van der Waals surface area (Å²) in [5, 5.41) is 4.87. The summed E-state index contributed by atoms with van der Waals surface area (Å²) in [6, 6.07) is 21.7. The summed E-state index contributed by atoms with van der Waals surface area (Å²) in [6.07, 6.45) is 4.01. The van der Waals surface area contributed by atoms with Crippen molar-refractivity contribution in [3.8, 4) is 17.3 Å². The molecule has 0 N–H and O–H groups in total. The lowest BCUT2D eigenvalue weighted by molar-refractivity contribution is -0.134. The van der Waals surface area contributed by atoms with Crippen LogP contribution in [-0.4, -0.2) is 31.8 Å². The molecular weight excluding hydrogens is 376 g/mol. The van der Waals surface area contributed by atoms with Crippen LogP contribution in [0.1, 0.15) is 16.8 Å². The number of nitrogens with zero attached hydrogens (tertiary/aromatic N) is 4. The smallest absolute Gasteiger partial charge is 0.261 e. The minimum atomic E-state index is -0.0441. The molecule has 0 spiro atoms. The average Bonchev–Trinajstić information content (AvgIpc) is 3.48. The van der Waals surface area contributed by atoms with Crippen molar-refractivity contribution in [3.05, 3.63) is 95.9 Å². The molecule has 6 nitrogen and oxygen atoms in total. The zero-order valence-electron chi connectivity index (χ0n) is 16.7. The first-order chi connectivity index (χ1) is 14.7. The van der Waals surface area contributed by atoms with Gasteiger partial charge in [-0.05, 0) is 48.9 Å². The van der Waals surface area contributed by atoms with Crippen LogP contribution in [0.25, 0.3) is 11.5 Å². The van der Waals surface area contributed by atoms with Crippen LogP contribution in [0.3, 0.4) is 0 Å². The maximum Gasteiger partial charge on any atom is 0.261 e. The number of ether oxygens (including phenoxy) is 1. The van der Waals surface area contributed by atoms with E-state index in [0.717, 1.165) is 22.8 Å². The molecule has 0 unspecified atom stereocenters. The quantitative estimate of drug-likeness (QED) is 0.512. The van der Waals surface area contributed by atoms with Crippen LogP contribution in [0, 0.1) is 6.92 Å². The molecule has 1 amide bonds. The predicted molar refractivity (Wildman–Crippen MR) is 114 cm³/mol. The second kappa shape index (κ2) is 7.55. The highest BCUT2D eigenvalue weighted by Gasteiger charge is 2.31. The third kappa shape index (κ3) is 3.37. The Morgan fingerprint density at radius 3 is 2.57 bits per heavy atom. The highest BCUT2D eigenvalue weighted by atomic mass is 16.5. The molecule has 1 aliphatic heterocycles. The summed E-state index contributed by atoms with van der Waals surface area (Å²) in [6.45, 7) is 3.10. The molecule has 4 aromatic rings. The number of aryl methyl sites for hydroxylation is 1. The lowest BCUT2D eigenvalue weighted by atomic mass is 10.2. The molecule has 2 aromatic heterocycles. The molecule has 0 radical (unpaired) electrons. The molecular formula is C24H22N4O2. The van der Waals surface area contributed by atoms with E-state index >= 15 is 0 Å². The maximum atomic E-state index is 12.7. The van der Waals surface area contributed by atoms with E-state index in [-0.39, 0.29) is 12.5 Å². The molecule has 5 rings (SSSR count). The van der Waals surface area contributed by atoms with Gasteiger partial charge in [0.2, 0.25) is 0 Å². The van der Waals surface area contributed by atoms with Crippen LogP contribution in [0.4, 0.5) is 0 Å². The van der Waals surface area contributed by atoms with Gasteiger partial charge < -0.3 is 14.2 Å². The zero-order valence-corrected chi connectivity index (χ0v) is 16.7. The van der Waals surface area contributed by atoms with Crippen molar-refractivity contribution < 1.29 is 9.53 Å². The highest BCUT2D eigenvalue weighted by Crippen LogP contribution is 2.30. The fourth-order valence-corrected chi connectivity index (χ4v) is 3.81. The van der Waals surface area contributed by atoms with Crippen molar-refractivity contribution in [3.63, 3.8) is 0 Å². The Hall–Kier alpha value is -3.80. The fourth-order valence-electron chi connectivity index (χ4n) is 3.81. The molecule has 3 heterocycles. The molecule has 0 saturated heterocycles. The van der Waals surface area contributed by atoms with Gasteiger partial charge in [0.05, 0.1) is 24.5 Å². The Bertz CT molecular complexity index is 1180. The maximum absolute atomic E-state index is 12.7. The van der Waals surface area contributed by atoms with Crippen LogP contribution < -0.4 is 4.74 Å². The Labute approximate surface area is 174 Å². The van der Waals surface area contributed by atoms with E-state index in [9.17, 15) is 4.79 Å². The number of hydrogen-bond acceptors (Lipinski definition) is 3. The lowest BCUT2D eigenvalue weighted by Gasteiger charge is -2.18. The summed E-state index contributed by atoms with van der Waals surface area (Å²) in [7, 11) is 0. The van der Waals surface area contributed by atoms with Gasteiger partial charge >= 0.3 is 0 Å². The summed E-state index contributed by atoms with van der Waals surface area (Å²) in [4.78, 5) is 14.5. The molecule has 0 saturated carbocycles. The molecule has 0 fully saturated rings. The number of rotatable bonds is 5. The fraction of sp³-hybridized carbons (Fsp3) is 0.167. The number of amides is 1. The van der Waals surface area contributed by atoms with Crippen LogP contribution >= 0.6 is 0 Å². The van der Waals surface area contributed by atoms with Crippen LogP contribution in [0.15, 0.2) is 79.1 Å². The number of benzene rings is 2. The van der Waals surface area contributed by atoms with Gasteiger partial charge in [-0.1, -0.05) is 30.3 Å². The van der Waals surface area contributed by atoms with Crippen molar-refractivity contribution in [2.75, 3.05) is 6.61 Å². The van der Waals surface area contributed by atoms with Gasteiger partial charge in [-0.25, -0.2) is 4.68 Å². The third-order valence-corrected chi connectivity index (χ3v) is 5.28. The normalized spacial score (nSPS) is 12.8. The number of carbonyl (C=O) groups excluding carboxylic acids is 1. The summed E-state index contributed by atoms with van der Waals surface area (Å²) >= 11 is 0. The number of hydrogen-bond donors (Lipinski definition) is 0. The summed E-state index contributed by atoms with van der Waals surface area (Å²) in [5.41, 5.74) is 4.18. The van der Waals surface area contributed by atoms with Crippen LogP contribution in [-0.2, 0) is 17.9 Å². The first kappa shape index (κ1) is 18.2. The number of carbonyl (C=O) groups is 1. The van der Waals surface area contributed by atoms with E-state index in [0.29, 0.717) is 18.8 Å². The molecule has 150 valence electrons. The van der Waals surface area contributed by atoms with Crippen LogP contribution in [0.2, 0.25) is 0 Å². The molecule has 2 aromatic carbocycles. The van der Waals surface area contributed by atoms with E-state index in [1.54, 1.807) is 4.90 Å². The van der Waals surface area contributed by atoms with Gasteiger partial charge in [-0.15, -0.1) is 0 Å². The standard InChI is InChI=1S/C24H22N4O2/c1-18-8-7-9-19(14-18)28-24(26-12-5-6-13-26)21-15-27(16-22(21)25-28)23(29)17-30-20-10-3-2-4-11-20/h2-14H,15-17H2,1H3. The zero-order chi connectivity index (χ0) is 20.5. The SMILES string of the molecule is Cc1cccc(-n2nc3c(c2-n2cccc2)CN(C(=O)COc2ccccc2)C3)c1. The molecule has 0 atom stereocenters. The highest BCUT2D eigenvalue weighted by molar-refractivity contribution is 5.78. The van der Waals surface area contributed by atoms with E-state index in [1.807, 2.05) is 65.6 Å². The van der Waals surface area contributed by atoms with Gasteiger partial charge in [0, 0.05) is 18.0 Å². The number of para-hydroxylation sites is 1. The van der Waals surface area contributed by atoms with Crippen molar-refractivity contribution in [2.24, 2.45) is 0 Å². The summed E-state index contributed by atoms with van der Waals surface area (Å²) < 4.78 is 9.67. The van der Waals surface area contributed by atoms with Gasteiger partial charge in [0.25, 0.3) is 5.91 Å².